The van der Waals surface area contributed by atoms with E-state index in [2.05, 4.69) is 18.2 Å². The van der Waals surface area contributed by atoms with Gasteiger partial charge < -0.3 is 5.11 Å². The summed E-state index contributed by atoms with van der Waals surface area (Å²) in [6.07, 6.45) is 8.63. The van der Waals surface area contributed by atoms with Gasteiger partial charge in [0.1, 0.15) is 0 Å². The van der Waals surface area contributed by atoms with Gasteiger partial charge in [0.15, 0.2) is 0 Å². The quantitative estimate of drug-likeness (QED) is 0.703. The molecule has 2 aliphatic carbocycles. The van der Waals surface area contributed by atoms with Crippen LogP contribution in [0, 0.1) is 0 Å². The minimum absolute atomic E-state index is 0.476. The van der Waals surface area contributed by atoms with Crippen LogP contribution in [0.5, 0.6) is 0 Å². The van der Waals surface area contributed by atoms with Gasteiger partial charge in [-0.25, -0.2) is 0 Å². The Kier molecular flexibility index (Phi) is 2.27. The van der Waals surface area contributed by atoms with Gasteiger partial charge in [0.25, 0.3) is 0 Å². The standard InChI is InChI=1S/C15H18O/c1-10(16)13-9-8-12-5-2-4-11-6-3-7-14(13)15(11)12/h5,8-9,11,16H,2-4,6-7H2,1H3. The highest BCUT2D eigenvalue weighted by Crippen LogP contribution is 2.33. The topological polar surface area (TPSA) is 20.2 Å². The predicted molar refractivity (Wildman–Crippen MR) is 66.8 cm³/mol. The van der Waals surface area contributed by atoms with Crippen molar-refractivity contribution in [1.82, 2.24) is 0 Å². The average Bonchev–Trinajstić information content (AvgIpc) is 2.30. The van der Waals surface area contributed by atoms with Crippen LogP contribution in [0.3, 0.4) is 0 Å². The first-order valence-corrected chi connectivity index (χ1v) is 6.29. The highest BCUT2D eigenvalue weighted by molar-refractivity contribution is 5.47. The number of aliphatic hydroxyl groups is 1. The lowest BCUT2D eigenvalue weighted by Crippen LogP contribution is -2.30. The molecule has 3 rings (SSSR count). The van der Waals surface area contributed by atoms with Crippen LogP contribution in [0.4, 0.5) is 0 Å². The van der Waals surface area contributed by atoms with E-state index in [0.29, 0.717) is 5.76 Å². The van der Waals surface area contributed by atoms with Gasteiger partial charge in [-0.15, -0.1) is 0 Å². The Morgan fingerprint density at radius 2 is 2.19 bits per heavy atom. The molecule has 1 aromatic rings. The highest BCUT2D eigenvalue weighted by Gasteiger charge is 2.23. The second-order valence-corrected chi connectivity index (χ2v) is 5.05. The Bertz CT molecular complexity index is 535. The summed E-state index contributed by atoms with van der Waals surface area (Å²) in [5.74, 6) is 1.23. The summed E-state index contributed by atoms with van der Waals surface area (Å²) in [7, 11) is 0. The molecule has 0 aliphatic heterocycles. The number of hydrogen-bond donors (Lipinski definition) is 1. The van der Waals surface area contributed by atoms with Crippen molar-refractivity contribution in [2.45, 2.75) is 44.9 Å². The van der Waals surface area contributed by atoms with Gasteiger partial charge in [-0.2, -0.15) is 0 Å². The van der Waals surface area contributed by atoms with Gasteiger partial charge >= 0.3 is 0 Å². The SMILES string of the molecule is CC(O)=c1ccc2c3c1CCCC3CCC=2. The molecule has 84 valence electrons. The molecule has 1 atom stereocenters. The van der Waals surface area contributed by atoms with E-state index < -0.39 is 0 Å². The summed E-state index contributed by atoms with van der Waals surface area (Å²) in [5, 5.41) is 12.3. The molecule has 0 saturated carbocycles. The summed E-state index contributed by atoms with van der Waals surface area (Å²) in [4.78, 5) is 0. The van der Waals surface area contributed by atoms with Crippen molar-refractivity contribution in [2.24, 2.45) is 0 Å². The van der Waals surface area contributed by atoms with Crippen LogP contribution in [-0.4, -0.2) is 5.11 Å². The Morgan fingerprint density at radius 3 is 3.00 bits per heavy atom. The predicted octanol–water partition coefficient (Wildman–Crippen LogP) is 2.37. The fourth-order valence-corrected chi connectivity index (χ4v) is 3.35. The van der Waals surface area contributed by atoms with Gasteiger partial charge in [0.05, 0.1) is 5.76 Å². The lowest BCUT2D eigenvalue weighted by molar-refractivity contribution is 0.491. The number of aliphatic hydroxyl groups excluding tert-OH is 1. The molecule has 0 radical (unpaired) electrons. The monoisotopic (exact) mass is 214 g/mol. The lowest BCUT2D eigenvalue weighted by atomic mass is 9.76. The summed E-state index contributed by atoms with van der Waals surface area (Å²) in [6.45, 7) is 1.80. The molecule has 1 aromatic carbocycles. The normalized spacial score (nSPS) is 24.4. The smallest absolute Gasteiger partial charge is 0.0966 e. The third-order valence-corrected chi connectivity index (χ3v) is 4.05. The Labute approximate surface area is 96.1 Å². The molecule has 2 aliphatic rings. The fourth-order valence-electron chi connectivity index (χ4n) is 3.35. The van der Waals surface area contributed by atoms with Gasteiger partial charge in [-0.3, -0.25) is 0 Å². The van der Waals surface area contributed by atoms with E-state index in [4.69, 9.17) is 0 Å². The fraction of sp³-hybridized carbons (Fsp3) is 0.467. The third-order valence-electron chi connectivity index (χ3n) is 4.05. The Hall–Kier alpha value is -1.24. The summed E-state index contributed by atoms with van der Waals surface area (Å²) < 4.78 is 0. The molecule has 1 unspecified atom stereocenters. The molecule has 1 nitrogen and oxygen atoms in total. The third kappa shape index (κ3) is 1.38. The Balaban J connectivity index is 2.40. The molecule has 0 bridgehead atoms. The van der Waals surface area contributed by atoms with E-state index in [1.54, 1.807) is 12.5 Å². The van der Waals surface area contributed by atoms with Crippen LogP contribution < -0.4 is 10.4 Å². The van der Waals surface area contributed by atoms with Crippen LogP contribution in [0.2, 0.25) is 0 Å². The van der Waals surface area contributed by atoms with Crippen LogP contribution in [0.25, 0.3) is 11.8 Å². The lowest BCUT2D eigenvalue weighted by Gasteiger charge is -2.29. The molecule has 0 amide bonds. The van der Waals surface area contributed by atoms with Gasteiger partial charge in [-0.1, -0.05) is 18.2 Å². The molecule has 0 aromatic heterocycles. The number of hydrogen-bond acceptors (Lipinski definition) is 1. The van der Waals surface area contributed by atoms with Crippen LogP contribution >= 0.6 is 0 Å². The first-order valence-electron chi connectivity index (χ1n) is 6.29. The zero-order valence-corrected chi connectivity index (χ0v) is 9.79. The maximum atomic E-state index is 9.75. The second-order valence-electron chi connectivity index (χ2n) is 5.05. The summed E-state index contributed by atoms with van der Waals surface area (Å²) in [6, 6.07) is 4.28. The zero-order chi connectivity index (χ0) is 11.1. The van der Waals surface area contributed by atoms with Crippen molar-refractivity contribution in [3.63, 3.8) is 0 Å². The van der Waals surface area contributed by atoms with Crippen LogP contribution in [-0.2, 0) is 6.42 Å². The summed E-state index contributed by atoms with van der Waals surface area (Å²) in [5.41, 5.74) is 2.97. The van der Waals surface area contributed by atoms with E-state index in [-0.39, 0.29) is 0 Å². The van der Waals surface area contributed by atoms with Gasteiger partial charge in [0.2, 0.25) is 0 Å². The maximum Gasteiger partial charge on any atom is 0.0966 e. The second kappa shape index (κ2) is 3.65. The molecule has 16 heavy (non-hydrogen) atoms. The van der Waals surface area contributed by atoms with E-state index in [0.717, 1.165) is 17.6 Å². The largest absolute Gasteiger partial charge is 0.512 e. The van der Waals surface area contributed by atoms with E-state index >= 15 is 0 Å². The molecule has 1 heteroatoms. The molecule has 0 saturated heterocycles. The van der Waals surface area contributed by atoms with E-state index in [9.17, 15) is 5.11 Å². The first-order chi connectivity index (χ1) is 7.77. The first kappa shape index (κ1) is 9.95. The van der Waals surface area contributed by atoms with E-state index in [1.807, 2.05) is 0 Å². The zero-order valence-electron chi connectivity index (χ0n) is 9.79. The van der Waals surface area contributed by atoms with Crippen molar-refractivity contribution >= 4 is 11.8 Å². The van der Waals surface area contributed by atoms with Crippen molar-refractivity contribution in [2.75, 3.05) is 0 Å². The van der Waals surface area contributed by atoms with Crippen molar-refractivity contribution in [3.8, 4) is 0 Å². The minimum Gasteiger partial charge on any atom is -0.512 e. The summed E-state index contributed by atoms with van der Waals surface area (Å²) >= 11 is 0. The molecular formula is C15H18O. The number of rotatable bonds is 0. The van der Waals surface area contributed by atoms with Crippen molar-refractivity contribution < 1.29 is 5.11 Å². The van der Waals surface area contributed by atoms with Gasteiger partial charge in [-0.05, 0) is 61.3 Å². The molecule has 0 spiro atoms. The molecule has 1 N–H and O–H groups in total. The van der Waals surface area contributed by atoms with Crippen molar-refractivity contribution in [1.29, 1.82) is 0 Å². The van der Waals surface area contributed by atoms with Crippen LogP contribution in [0.1, 0.15) is 49.7 Å². The molecule has 0 heterocycles. The van der Waals surface area contributed by atoms with Crippen molar-refractivity contribution in [3.05, 3.63) is 33.7 Å². The highest BCUT2D eigenvalue weighted by atomic mass is 16.3. The number of benzene rings is 1. The molecular weight excluding hydrogens is 196 g/mol. The van der Waals surface area contributed by atoms with E-state index in [1.165, 1.54) is 36.5 Å². The molecule has 0 fully saturated rings. The van der Waals surface area contributed by atoms with Gasteiger partial charge in [0, 0.05) is 5.22 Å². The maximum absolute atomic E-state index is 9.75. The average molecular weight is 214 g/mol. The Morgan fingerprint density at radius 1 is 1.31 bits per heavy atom. The minimum atomic E-state index is 0.476. The van der Waals surface area contributed by atoms with Crippen LogP contribution in [0.15, 0.2) is 12.1 Å².